The van der Waals surface area contributed by atoms with Crippen LogP contribution in [0.15, 0.2) is 97.1 Å². The van der Waals surface area contributed by atoms with Crippen molar-refractivity contribution < 1.29 is 17.1 Å². The molecule has 54 heavy (non-hydrogen) atoms. The minimum atomic E-state index is -4.03. The molecule has 0 saturated carbocycles. The van der Waals surface area contributed by atoms with Gasteiger partial charge < -0.3 is 0 Å². The fourth-order valence-corrected chi connectivity index (χ4v) is 63.6. The van der Waals surface area contributed by atoms with Crippen molar-refractivity contribution in [2.75, 3.05) is 0 Å². The van der Waals surface area contributed by atoms with Crippen molar-refractivity contribution >= 4 is 17.6 Å². The molecule has 0 saturated heterocycles. The van der Waals surface area contributed by atoms with Crippen LogP contribution in [0.25, 0.3) is 34.4 Å². The maximum absolute atomic E-state index is 4.03. The Morgan fingerprint density at radius 3 is 1.24 bits per heavy atom. The van der Waals surface area contributed by atoms with Gasteiger partial charge in [0.15, 0.2) is 0 Å². The Hall–Kier alpha value is -2.55. The molecule has 0 fully saturated rings. The second-order valence-corrected chi connectivity index (χ2v) is 65.7. The van der Waals surface area contributed by atoms with Gasteiger partial charge >= 0.3 is 334 Å². The number of fused-ring (bicyclic) bond motifs is 2. The number of hydrogen-bond acceptors (Lipinski definition) is 0. The molecule has 0 heterocycles. The Morgan fingerprint density at radius 2 is 0.889 bits per heavy atom. The van der Waals surface area contributed by atoms with Crippen molar-refractivity contribution in [2.45, 2.75) is 146 Å². The van der Waals surface area contributed by atoms with E-state index < -0.39 is 22.6 Å². The fraction of sp³-hybridized carbons (Fsp3) is 0.462. The van der Waals surface area contributed by atoms with Crippen molar-refractivity contribution in [1.82, 2.24) is 0 Å². The number of hydrogen-bond donors (Lipinski definition) is 0. The van der Waals surface area contributed by atoms with Gasteiger partial charge in [-0.25, -0.2) is 0 Å². The molecule has 6 rings (SSSR count). The summed E-state index contributed by atoms with van der Waals surface area (Å²) in [6.45, 7) is 18.6. The van der Waals surface area contributed by atoms with E-state index in [0.29, 0.717) is 7.35 Å². The maximum atomic E-state index is 2.98. The summed E-state index contributed by atoms with van der Waals surface area (Å²) in [4.78, 5) is 0. The predicted molar refractivity (Wildman–Crippen MR) is 240 cm³/mol. The summed E-state index contributed by atoms with van der Waals surface area (Å²) in [7, 11) is 0. The van der Waals surface area contributed by atoms with Crippen LogP contribution in [0.3, 0.4) is 0 Å². The SMILES string of the molecule is CCCCCC[Si](CCCCCC)=[Hf]([CH3])([CH3])([CH]1C=Cc2c(-c3ccc(C(C)(C)C)cc3)cccc21)[CH]1C=Cc2c(-c3ccc(C(C)(C)C)cc3)cccc21. The molecule has 2 atom stereocenters. The van der Waals surface area contributed by atoms with E-state index in [4.69, 9.17) is 0 Å². The zero-order chi connectivity index (χ0) is 38.8. The zero-order valence-electron chi connectivity index (χ0n) is 35.6. The molecule has 4 aromatic rings. The van der Waals surface area contributed by atoms with Gasteiger partial charge in [-0.2, -0.15) is 0 Å². The van der Waals surface area contributed by atoms with Gasteiger partial charge in [-0.1, -0.05) is 0 Å². The van der Waals surface area contributed by atoms with Crippen LogP contribution in [0.4, 0.5) is 0 Å². The van der Waals surface area contributed by atoms with Gasteiger partial charge in [-0.15, -0.1) is 0 Å². The number of allylic oxidation sites excluding steroid dienone is 2. The van der Waals surface area contributed by atoms with Crippen LogP contribution in [0.5, 0.6) is 0 Å². The molecule has 0 nitrogen and oxygen atoms in total. The molecule has 0 N–H and O–H groups in total. The summed E-state index contributed by atoms with van der Waals surface area (Å²) < 4.78 is 7.09. The normalized spacial score (nSPS) is 16.9. The molecule has 4 aromatic carbocycles. The minimum absolute atomic E-state index is 0.154. The molecule has 0 aliphatic heterocycles. The molecular weight excluding hydrogens is 831 g/mol. The first kappa shape index (κ1) is 41.1. The average Bonchev–Trinajstić information content (AvgIpc) is 3.80. The summed E-state index contributed by atoms with van der Waals surface area (Å²) in [5, 5.41) is 0. The first-order valence-electron chi connectivity index (χ1n) is 21.6. The van der Waals surface area contributed by atoms with Crippen LogP contribution >= 0.6 is 0 Å². The number of rotatable bonds is 14. The van der Waals surface area contributed by atoms with Gasteiger partial charge in [0.05, 0.1) is 0 Å². The van der Waals surface area contributed by atoms with Gasteiger partial charge in [0, 0.05) is 0 Å². The Labute approximate surface area is 331 Å². The van der Waals surface area contributed by atoms with Crippen LogP contribution in [0, 0.1) is 0 Å². The third-order valence-corrected chi connectivity index (χ3v) is 69.7. The molecule has 0 spiro atoms. The first-order valence-corrected chi connectivity index (χ1v) is 40.2. The second-order valence-electron chi connectivity index (χ2n) is 19.8. The third kappa shape index (κ3) is 8.13. The summed E-state index contributed by atoms with van der Waals surface area (Å²) in [6, 6.07) is 36.5. The van der Waals surface area contributed by atoms with E-state index in [1.165, 1.54) is 108 Å². The molecule has 0 radical (unpaired) electrons. The van der Waals surface area contributed by atoms with Crippen molar-refractivity contribution in [3.63, 3.8) is 0 Å². The molecular formula is C52H70HfSi. The van der Waals surface area contributed by atoms with E-state index in [1.807, 2.05) is 0 Å². The van der Waals surface area contributed by atoms with Crippen LogP contribution in [-0.2, 0) is 28.0 Å². The zero-order valence-corrected chi connectivity index (χ0v) is 40.2. The van der Waals surface area contributed by atoms with Crippen LogP contribution < -0.4 is 0 Å². The summed E-state index contributed by atoms with van der Waals surface area (Å²) >= 11 is -4.03. The topological polar surface area (TPSA) is 0 Å². The van der Waals surface area contributed by atoms with E-state index in [9.17, 15) is 0 Å². The summed E-state index contributed by atoms with van der Waals surface area (Å²) in [5.41, 5.74) is 14.2. The Balaban J connectivity index is 1.52. The first-order chi connectivity index (χ1) is 25.7. The molecule has 286 valence electrons. The summed E-state index contributed by atoms with van der Waals surface area (Å²) in [5.74, 6) is 0. The predicted octanol–water partition coefficient (Wildman–Crippen LogP) is 16.4. The molecule has 0 bridgehead atoms. The van der Waals surface area contributed by atoms with Crippen molar-refractivity contribution in [2.24, 2.45) is 0 Å². The average molecular weight is 902 g/mol. The van der Waals surface area contributed by atoms with Crippen molar-refractivity contribution in [3.8, 4) is 22.3 Å². The molecule has 2 unspecified atom stereocenters. The van der Waals surface area contributed by atoms with E-state index in [2.05, 4.69) is 174 Å². The van der Waals surface area contributed by atoms with Gasteiger partial charge in [0.25, 0.3) is 0 Å². The molecule has 2 aliphatic carbocycles. The van der Waals surface area contributed by atoms with Gasteiger partial charge in [0.1, 0.15) is 0 Å². The van der Waals surface area contributed by atoms with E-state index in [0.717, 1.165) is 0 Å². The molecule has 2 aliphatic rings. The van der Waals surface area contributed by atoms with Crippen molar-refractivity contribution in [1.29, 1.82) is 0 Å². The third-order valence-electron chi connectivity index (χ3n) is 13.7. The number of benzene rings is 4. The Morgan fingerprint density at radius 1 is 0.500 bits per heavy atom. The van der Waals surface area contributed by atoms with Crippen LogP contribution in [0.2, 0.25) is 21.4 Å². The van der Waals surface area contributed by atoms with E-state index in [-0.39, 0.29) is 10.8 Å². The molecule has 0 amide bonds. The quantitative estimate of drug-likeness (QED) is 0.0874. The monoisotopic (exact) mass is 902 g/mol. The standard InChI is InChI=1S/2C19H19.C12H26Si.2CH3.Hf/c2*1-19(2,3)16-12-10-15(11-13-16)18-9-5-7-14-6-4-8-17(14)18;1-3-5-7-9-11-13-12-10-8-6-4-2;;;/h2*4-13H,1-3H3;3-12H2,1-2H3;2*1H3;. The summed E-state index contributed by atoms with van der Waals surface area (Å²) in [6.07, 6.45) is 21.6. The van der Waals surface area contributed by atoms with Gasteiger partial charge in [-0.05, 0) is 0 Å². The van der Waals surface area contributed by atoms with E-state index >= 15 is 0 Å². The fourth-order valence-electron chi connectivity index (χ4n) is 10.1. The van der Waals surface area contributed by atoms with Gasteiger partial charge in [-0.3, -0.25) is 0 Å². The van der Waals surface area contributed by atoms with Crippen molar-refractivity contribution in [3.05, 3.63) is 130 Å². The molecule has 0 aromatic heterocycles. The Bertz CT molecular complexity index is 1910. The number of unbranched alkanes of at least 4 members (excludes halogenated alkanes) is 6. The van der Waals surface area contributed by atoms with E-state index in [1.54, 1.807) is 11.1 Å². The van der Waals surface area contributed by atoms with Crippen LogP contribution in [-0.4, -0.2) is 5.49 Å². The van der Waals surface area contributed by atoms with Gasteiger partial charge in [0.2, 0.25) is 0 Å². The van der Waals surface area contributed by atoms with Crippen LogP contribution in [0.1, 0.15) is 147 Å². The Kier molecular flexibility index (Phi) is 12.6. The second kappa shape index (κ2) is 16.5. The molecule has 2 heteroatoms.